The fourth-order valence-electron chi connectivity index (χ4n) is 3.71. The van der Waals surface area contributed by atoms with Crippen molar-refractivity contribution in [3.63, 3.8) is 0 Å². The molecule has 0 N–H and O–H groups in total. The Morgan fingerprint density at radius 3 is 1.07 bits per heavy atom. The molecule has 0 fully saturated rings. The van der Waals surface area contributed by atoms with Gasteiger partial charge < -0.3 is 0 Å². The highest BCUT2D eigenvalue weighted by molar-refractivity contribution is 5.44. The van der Waals surface area contributed by atoms with Gasteiger partial charge in [0.1, 0.15) is 0 Å². The van der Waals surface area contributed by atoms with Gasteiger partial charge in [-0.05, 0) is 38.2 Å². The Morgan fingerprint density at radius 1 is 0.429 bits per heavy atom. The van der Waals surface area contributed by atoms with E-state index in [0.717, 1.165) is 0 Å². The van der Waals surface area contributed by atoms with E-state index in [0.29, 0.717) is 0 Å². The first-order chi connectivity index (χ1) is 12.1. The van der Waals surface area contributed by atoms with Crippen molar-refractivity contribution in [3.05, 3.63) is 47.1 Å². The summed E-state index contributed by atoms with van der Waals surface area (Å²) in [6, 6.07) is 0. The minimum Gasteiger partial charge on any atom is -0.0791 e. The highest BCUT2D eigenvalue weighted by atomic mass is 14.3. The third-order valence-corrected chi connectivity index (χ3v) is 4.80. The van der Waals surface area contributed by atoms with Gasteiger partial charge in [0.2, 0.25) is 0 Å². The summed E-state index contributed by atoms with van der Waals surface area (Å²) in [5.41, 5.74) is 4.97. The van der Waals surface area contributed by atoms with Gasteiger partial charge in [0.15, 0.2) is 0 Å². The Labute approximate surface area is 178 Å². The van der Waals surface area contributed by atoms with E-state index < -0.39 is 0 Å². The molecule has 0 saturated heterocycles. The zero-order valence-corrected chi connectivity index (χ0v) is 21.9. The molecule has 0 atom stereocenters. The molecule has 28 heavy (non-hydrogen) atoms. The zero-order valence-electron chi connectivity index (χ0n) is 21.9. The molecule has 0 spiro atoms. The average molecular weight is 387 g/mol. The molecule has 0 aliphatic rings. The van der Waals surface area contributed by atoms with Gasteiger partial charge in [-0.3, -0.25) is 0 Å². The van der Waals surface area contributed by atoms with Crippen LogP contribution in [0.3, 0.4) is 0 Å². The second kappa shape index (κ2) is 8.76. The van der Waals surface area contributed by atoms with Crippen LogP contribution in [0.15, 0.2) is 47.1 Å². The lowest BCUT2D eigenvalue weighted by molar-refractivity contribution is 0.362. The standard InChI is InChI=1S/C28H50/c1-24(2,3)20-16-17-21(25(4,5)6)22(26(7,8)9)18-19-23(27(10,11)12)28(13,14)15/h16-20H,1-15H3/b20-16+,21-17-,22-18-. The smallest absolute Gasteiger partial charge is 0.0129 e. The topological polar surface area (TPSA) is 0 Å². The lowest BCUT2D eigenvalue weighted by atomic mass is 9.70. The van der Waals surface area contributed by atoms with Gasteiger partial charge in [0, 0.05) is 0 Å². The van der Waals surface area contributed by atoms with E-state index in [1.54, 1.807) is 0 Å². The molecule has 0 aromatic rings. The normalized spacial score (nSPS) is 16.0. The van der Waals surface area contributed by atoms with Gasteiger partial charge in [0.05, 0.1) is 0 Å². The van der Waals surface area contributed by atoms with E-state index >= 15 is 0 Å². The van der Waals surface area contributed by atoms with Crippen molar-refractivity contribution in [2.75, 3.05) is 0 Å². The number of allylic oxidation sites excluding steroid dienone is 8. The molecule has 0 heterocycles. The molecule has 0 aromatic heterocycles. The van der Waals surface area contributed by atoms with Crippen molar-refractivity contribution in [1.29, 1.82) is 0 Å². The Kier molecular flexibility index (Phi) is 8.44. The summed E-state index contributed by atoms with van der Waals surface area (Å²) in [7, 11) is 0. The van der Waals surface area contributed by atoms with Crippen LogP contribution in [-0.2, 0) is 0 Å². The maximum absolute atomic E-state index is 2.40. The molecule has 0 rings (SSSR count). The Morgan fingerprint density at radius 2 is 0.786 bits per heavy atom. The molecule has 0 aliphatic heterocycles. The number of hydrogen-bond acceptors (Lipinski definition) is 0. The minimum absolute atomic E-state index is 0.0755. The fraction of sp³-hybridized carbons (Fsp3) is 0.714. The van der Waals surface area contributed by atoms with Crippen molar-refractivity contribution >= 4 is 0 Å². The first kappa shape index (κ1) is 27.0. The second-order valence-corrected chi connectivity index (χ2v) is 13.5. The molecule has 0 bridgehead atoms. The SMILES string of the molecule is CC(C)(C)/C=C/C=C(/C(=C/C=C(C(C)(C)C)C(C)(C)C)C(C)(C)C)C(C)(C)C. The average Bonchev–Trinajstić information content (AvgIpc) is 2.33. The van der Waals surface area contributed by atoms with Crippen molar-refractivity contribution in [1.82, 2.24) is 0 Å². The predicted octanol–water partition coefficient (Wildman–Crippen LogP) is 9.55. The van der Waals surface area contributed by atoms with Crippen LogP contribution in [0.25, 0.3) is 0 Å². The minimum atomic E-state index is 0.0755. The van der Waals surface area contributed by atoms with Gasteiger partial charge in [-0.2, -0.15) is 0 Å². The van der Waals surface area contributed by atoms with E-state index in [-0.39, 0.29) is 27.1 Å². The molecule has 0 heteroatoms. The third kappa shape index (κ3) is 9.44. The molecular formula is C28H50. The van der Waals surface area contributed by atoms with Crippen LogP contribution in [0, 0.1) is 27.1 Å². The first-order valence-electron chi connectivity index (χ1n) is 10.9. The van der Waals surface area contributed by atoms with Gasteiger partial charge in [-0.15, -0.1) is 0 Å². The Balaban J connectivity index is 6.69. The van der Waals surface area contributed by atoms with E-state index in [9.17, 15) is 0 Å². The summed E-state index contributed by atoms with van der Waals surface area (Å²) in [5, 5.41) is 0. The van der Waals surface area contributed by atoms with Crippen LogP contribution in [0.2, 0.25) is 0 Å². The van der Waals surface area contributed by atoms with Gasteiger partial charge in [0.25, 0.3) is 0 Å². The van der Waals surface area contributed by atoms with Gasteiger partial charge in [-0.25, -0.2) is 0 Å². The van der Waals surface area contributed by atoms with Crippen LogP contribution in [0.5, 0.6) is 0 Å². The van der Waals surface area contributed by atoms with Crippen LogP contribution < -0.4 is 0 Å². The van der Waals surface area contributed by atoms with E-state index in [1.807, 2.05) is 0 Å². The van der Waals surface area contributed by atoms with Crippen molar-refractivity contribution in [3.8, 4) is 0 Å². The van der Waals surface area contributed by atoms with Crippen LogP contribution in [0.4, 0.5) is 0 Å². The summed E-state index contributed by atoms with van der Waals surface area (Å²) in [5.74, 6) is 0. The quantitative estimate of drug-likeness (QED) is 0.423. The van der Waals surface area contributed by atoms with Gasteiger partial charge >= 0.3 is 0 Å². The molecular weight excluding hydrogens is 336 g/mol. The highest BCUT2D eigenvalue weighted by Crippen LogP contribution is 2.43. The van der Waals surface area contributed by atoms with E-state index in [1.165, 1.54) is 16.7 Å². The Hall–Kier alpha value is -1.04. The Bertz CT molecular complexity index is 609. The monoisotopic (exact) mass is 386 g/mol. The predicted molar refractivity (Wildman–Crippen MR) is 131 cm³/mol. The summed E-state index contributed by atoms with van der Waals surface area (Å²) in [6.07, 6.45) is 11.7. The van der Waals surface area contributed by atoms with E-state index in [2.05, 4.69) is 134 Å². The largest absolute Gasteiger partial charge is 0.0791 e. The van der Waals surface area contributed by atoms with Gasteiger partial charge in [-0.1, -0.05) is 140 Å². The second-order valence-electron chi connectivity index (χ2n) is 13.5. The summed E-state index contributed by atoms with van der Waals surface area (Å²) in [4.78, 5) is 0. The summed E-state index contributed by atoms with van der Waals surface area (Å²) in [6.45, 7) is 34.6. The molecule has 0 aromatic carbocycles. The van der Waals surface area contributed by atoms with Crippen molar-refractivity contribution < 1.29 is 0 Å². The molecule has 162 valence electrons. The van der Waals surface area contributed by atoms with Crippen LogP contribution in [-0.4, -0.2) is 0 Å². The number of rotatable bonds is 3. The van der Waals surface area contributed by atoms with E-state index in [4.69, 9.17) is 0 Å². The van der Waals surface area contributed by atoms with Crippen molar-refractivity contribution in [2.45, 2.75) is 104 Å². The molecule has 0 aliphatic carbocycles. The maximum Gasteiger partial charge on any atom is -0.0129 e. The molecule has 0 radical (unpaired) electrons. The fourth-order valence-corrected chi connectivity index (χ4v) is 3.71. The third-order valence-electron chi connectivity index (χ3n) is 4.80. The van der Waals surface area contributed by atoms with Crippen LogP contribution in [0.1, 0.15) is 104 Å². The molecule has 0 nitrogen and oxygen atoms in total. The molecule has 0 amide bonds. The zero-order chi connectivity index (χ0) is 22.8. The first-order valence-corrected chi connectivity index (χ1v) is 10.9. The maximum atomic E-state index is 2.40. The van der Waals surface area contributed by atoms with Crippen molar-refractivity contribution in [2.24, 2.45) is 27.1 Å². The lowest BCUT2D eigenvalue weighted by Gasteiger charge is -2.35. The molecule has 0 unspecified atom stereocenters. The lowest BCUT2D eigenvalue weighted by Crippen LogP contribution is -2.23. The highest BCUT2D eigenvalue weighted by Gasteiger charge is 2.30. The summed E-state index contributed by atoms with van der Waals surface area (Å²) < 4.78 is 0. The van der Waals surface area contributed by atoms with Crippen LogP contribution >= 0.6 is 0 Å². The number of hydrogen-bond donors (Lipinski definition) is 0. The molecule has 0 saturated carbocycles. The summed E-state index contributed by atoms with van der Waals surface area (Å²) >= 11 is 0.